The molecule has 168 valence electrons. The Kier molecular flexibility index (Phi) is 4.82. The molecule has 0 unspecified atom stereocenters. The highest BCUT2D eigenvalue weighted by Crippen LogP contribution is 2.36. The zero-order chi connectivity index (χ0) is 23.9. The third-order valence-electron chi connectivity index (χ3n) is 6.92. The predicted octanol–water partition coefficient (Wildman–Crippen LogP) is 8.94. The first kappa shape index (κ1) is 20.5. The summed E-state index contributed by atoms with van der Waals surface area (Å²) < 4.78 is 0. The molecular weight excluding hydrogens is 436 g/mol. The van der Waals surface area contributed by atoms with E-state index >= 15 is 0 Å². The van der Waals surface area contributed by atoms with Crippen LogP contribution in [0.2, 0.25) is 0 Å². The van der Waals surface area contributed by atoms with Crippen molar-refractivity contribution in [2.24, 2.45) is 0 Å². The maximum Gasteiger partial charge on any atom is 0.159 e. The Morgan fingerprint density at radius 2 is 0.944 bits per heavy atom. The van der Waals surface area contributed by atoms with Crippen molar-refractivity contribution in [1.29, 1.82) is 0 Å². The average molecular weight is 459 g/mol. The normalized spacial score (nSPS) is 11.3. The summed E-state index contributed by atoms with van der Waals surface area (Å²) in [4.78, 5) is 9.64. The molecule has 7 rings (SSSR count). The lowest BCUT2D eigenvalue weighted by Crippen LogP contribution is -1.92. The van der Waals surface area contributed by atoms with E-state index in [0.717, 1.165) is 22.6 Å². The maximum atomic E-state index is 4.99. The van der Waals surface area contributed by atoms with E-state index < -0.39 is 0 Å². The SMILES string of the molecule is c1ccc(-c2cccc(-c3ccnc(-c4ccc5c6ccccc6c6ccccc6c5c4)n3)c2)cc1. The zero-order valence-corrected chi connectivity index (χ0v) is 19.6. The van der Waals surface area contributed by atoms with Gasteiger partial charge in [0, 0.05) is 17.3 Å². The fourth-order valence-electron chi connectivity index (χ4n) is 5.19. The van der Waals surface area contributed by atoms with E-state index in [1.54, 1.807) is 0 Å². The Labute approximate surface area is 209 Å². The molecule has 0 aliphatic carbocycles. The van der Waals surface area contributed by atoms with Crippen LogP contribution < -0.4 is 0 Å². The van der Waals surface area contributed by atoms with Gasteiger partial charge in [0.05, 0.1) is 5.69 Å². The molecule has 6 aromatic carbocycles. The van der Waals surface area contributed by atoms with Crippen molar-refractivity contribution in [3.63, 3.8) is 0 Å². The van der Waals surface area contributed by atoms with Crippen molar-refractivity contribution >= 4 is 32.3 Å². The van der Waals surface area contributed by atoms with E-state index in [-0.39, 0.29) is 0 Å². The molecule has 2 nitrogen and oxygen atoms in total. The smallest absolute Gasteiger partial charge is 0.159 e. The summed E-state index contributed by atoms with van der Waals surface area (Å²) in [5, 5.41) is 7.54. The highest BCUT2D eigenvalue weighted by molar-refractivity contribution is 6.25. The van der Waals surface area contributed by atoms with E-state index in [0.29, 0.717) is 0 Å². The fourth-order valence-corrected chi connectivity index (χ4v) is 5.19. The fraction of sp³-hybridized carbons (Fsp3) is 0. The first-order valence-corrected chi connectivity index (χ1v) is 12.2. The molecule has 0 saturated carbocycles. The van der Waals surface area contributed by atoms with Crippen molar-refractivity contribution in [2.75, 3.05) is 0 Å². The second-order valence-electron chi connectivity index (χ2n) is 9.06. The Balaban J connectivity index is 1.38. The zero-order valence-electron chi connectivity index (χ0n) is 19.6. The third-order valence-corrected chi connectivity index (χ3v) is 6.92. The average Bonchev–Trinajstić information content (AvgIpc) is 2.98. The standard InChI is InChI=1S/C34H22N2/c1-2-9-23(10-3-1)24-11-8-12-25(21-24)33-19-20-35-34(36-33)26-17-18-31-29-15-5-4-13-27(29)28-14-6-7-16-30(28)32(31)22-26/h1-22H. The molecule has 0 saturated heterocycles. The summed E-state index contributed by atoms with van der Waals surface area (Å²) in [5.41, 5.74) is 5.39. The minimum absolute atomic E-state index is 0.733. The molecule has 0 radical (unpaired) electrons. The highest BCUT2D eigenvalue weighted by atomic mass is 14.9. The van der Waals surface area contributed by atoms with Gasteiger partial charge in [-0.25, -0.2) is 9.97 Å². The van der Waals surface area contributed by atoms with Crippen molar-refractivity contribution in [2.45, 2.75) is 0 Å². The number of aromatic nitrogens is 2. The second-order valence-corrected chi connectivity index (χ2v) is 9.06. The first-order valence-electron chi connectivity index (χ1n) is 12.2. The van der Waals surface area contributed by atoms with E-state index in [9.17, 15) is 0 Å². The molecular formula is C34H22N2. The van der Waals surface area contributed by atoms with Gasteiger partial charge < -0.3 is 0 Å². The summed E-state index contributed by atoms with van der Waals surface area (Å²) in [7, 11) is 0. The second kappa shape index (κ2) is 8.44. The number of hydrogen-bond donors (Lipinski definition) is 0. The highest BCUT2D eigenvalue weighted by Gasteiger charge is 2.11. The molecule has 0 aliphatic heterocycles. The van der Waals surface area contributed by atoms with Gasteiger partial charge in [0.25, 0.3) is 0 Å². The van der Waals surface area contributed by atoms with Crippen LogP contribution in [0.3, 0.4) is 0 Å². The van der Waals surface area contributed by atoms with Crippen LogP contribution in [0.5, 0.6) is 0 Å². The minimum atomic E-state index is 0.733. The first-order chi connectivity index (χ1) is 17.8. The lowest BCUT2D eigenvalue weighted by Gasteiger charge is -2.12. The molecule has 0 bridgehead atoms. The molecule has 0 N–H and O–H groups in total. The molecule has 0 fully saturated rings. The Hall–Kier alpha value is -4.82. The quantitative estimate of drug-likeness (QED) is 0.247. The molecule has 7 aromatic rings. The van der Waals surface area contributed by atoms with E-state index in [1.807, 2.05) is 18.3 Å². The van der Waals surface area contributed by atoms with Gasteiger partial charge in [0.1, 0.15) is 0 Å². The van der Waals surface area contributed by atoms with Crippen molar-refractivity contribution in [3.05, 3.63) is 134 Å². The summed E-state index contributed by atoms with van der Waals surface area (Å²) in [6, 6.07) is 44.8. The van der Waals surface area contributed by atoms with E-state index in [4.69, 9.17) is 4.98 Å². The molecule has 1 aromatic heterocycles. The monoisotopic (exact) mass is 458 g/mol. The minimum Gasteiger partial charge on any atom is -0.237 e. The third kappa shape index (κ3) is 3.43. The molecule has 2 heteroatoms. The number of nitrogens with zero attached hydrogens (tertiary/aromatic N) is 2. The lowest BCUT2D eigenvalue weighted by molar-refractivity contribution is 1.18. The van der Waals surface area contributed by atoms with Crippen molar-refractivity contribution < 1.29 is 0 Å². The van der Waals surface area contributed by atoms with Crippen LogP contribution in [0.4, 0.5) is 0 Å². The van der Waals surface area contributed by atoms with Crippen LogP contribution in [0.25, 0.3) is 66.1 Å². The van der Waals surface area contributed by atoms with Crippen LogP contribution in [-0.2, 0) is 0 Å². The lowest BCUT2D eigenvalue weighted by atomic mass is 9.93. The largest absolute Gasteiger partial charge is 0.237 e. The summed E-state index contributed by atoms with van der Waals surface area (Å²) >= 11 is 0. The van der Waals surface area contributed by atoms with E-state index in [1.165, 1.54) is 43.4 Å². The van der Waals surface area contributed by atoms with Crippen LogP contribution in [0, 0.1) is 0 Å². The van der Waals surface area contributed by atoms with Crippen LogP contribution in [0.1, 0.15) is 0 Å². The number of rotatable bonds is 3. The van der Waals surface area contributed by atoms with Gasteiger partial charge >= 0.3 is 0 Å². The Bertz CT molecular complexity index is 1850. The Morgan fingerprint density at radius 3 is 1.67 bits per heavy atom. The molecule has 0 amide bonds. The number of fused-ring (bicyclic) bond motifs is 6. The van der Waals surface area contributed by atoms with Gasteiger partial charge in [-0.3, -0.25) is 0 Å². The van der Waals surface area contributed by atoms with Crippen LogP contribution >= 0.6 is 0 Å². The van der Waals surface area contributed by atoms with Gasteiger partial charge in [-0.2, -0.15) is 0 Å². The van der Waals surface area contributed by atoms with E-state index in [2.05, 4.69) is 120 Å². The summed E-state index contributed by atoms with van der Waals surface area (Å²) in [6.45, 7) is 0. The predicted molar refractivity (Wildman–Crippen MR) is 151 cm³/mol. The number of benzene rings is 6. The van der Waals surface area contributed by atoms with Crippen LogP contribution in [0.15, 0.2) is 134 Å². The molecule has 0 aliphatic rings. The van der Waals surface area contributed by atoms with Gasteiger partial charge in [0.15, 0.2) is 5.82 Å². The topological polar surface area (TPSA) is 25.8 Å². The number of hydrogen-bond acceptors (Lipinski definition) is 2. The maximum absolute atomic E-state index is 4.99. The molecule has 0 atom stereocenters. The van der Waals surface area contributed by atoms with Crippen molar-refractivity contribution in [1.82, 2.24) is 9.97 Å². The molecule has 36 heavy (non-hydrogen) atoms. The Morgan fingerprint density at radius 1 is 0.361 bits per heavy atom. The van der Waals surface area contributed by atoms with Gasteiger partial charge in [-0.05, 0) is 61.6 Å². The summed E-state index contributed by atoms with van der Waals surface area (Å²) in [5.74, 6) is 0.733. The van der Waals surface area contributed by atoms with Gasteiger partial charge in [-0.1, -0.05) is 109 Å². The summed E-state index contributed by atoms with van der Waals surface area (Å²) in [6.07, 6.45) is 1.86. The van der Waals surface area contributed by atoms with Gasteiger partial charge in [-0.15, -0.1) is 0 Å². The molecule has 1 heterocycles. The van der Waals surface area contributed by atoms with Gasteiger partial charge in [0.2, 0.25) is 0 Å². The van der Waals surface area contributed by atoms with Crippen LogP contribution in [-0.4, -0.2) is 9.97 Å². The van der Waals surface area contributed by atoms with Crippen molar-refractivity contribution in [3.8, 4) is 33.8 Å². The molecule has 0 spiro atoms.